The molecule has 0 aromatic heterocycles. The molecule has 0 bridgehead atoms. The lowest BCUT2D eigenvalue weighted by molar-refractivity contribution is 0.196. The van der Waals surface area contributed by atoms with Crippen LogP contribution in [0.4, 0.5) is 0 Å². The Balaban J connectivity index is 2.82. The molecule has 0 aliphatic rings. The number of hydrogen-bond acceptors (Lipinski definition) is 4. The molecule has 98 valence electrons. The molecule has 0 saturated carbocycles. The van der Waals surface area contributed by atoms with E-state index < -0.39 is 10.0 Å². The number of sulfonamides is 1. The first-order valence-electron chi connectivity index (χ1n) is 5.50. The first-order valence-corrected chi connectivity index (χ1v) is 6.99. The summed E-state index contributed by atoms with van der Waals surface area (Å²) in [6.45, 7) is 2.51. The quantitative estimate of drug-likeness (QED) is 0.786. The number of ether oxygens (including phenoxy) is 1. The lowest BCUT2D eigenvalue weighted by atomic mass is 10.2. The lowest BCUT2D eigenvalue weighted by Gasteiger charge is -2.09. The predicted octanol–water partition coefficient (Wildman–Crippen LogP) is 1.18. The third kappa shape index (κ3) is 3.81. The summed E-state index contributed by atoms with van der Waals surface area (Å²) in [4.78, 5) is 0.207. The van der Waals surface area contributed by atoms with E-state index >= 15 is 0 Å². The maximum atomic E-state index is 12.0. The number of hydrogen-bond donors (Lipinski definition) is 1. The van der Waals surface area contributed by atoms with Gasteiger partial charge in [0.1, 0.15) is 0 Å². The molecule has 0 aliphatic heterocycles. The largest absolute Gasteiger partial charge is 0.385 e. The summed E-state index contributed by atoms with van der Waals surface area (Å²) in [6.07, 6.45) is 0.616. The molecule has 0 aliphatic carbocycles. The van der Waals surface area contributed by atoms with E-state index in [-0.39, 0.29) is 4.90 Å². The summed E-state index contributed by atoms with van der Waals surface area (Å²) in [6, 6.07) is 6.48. The fourth-order valence-corrected chi connectivity index (χ4v) is 2.82. The number of benzene rings is 1. The molecule has 1 aromatic carbocycles. The zero-order valence-corrected chi connectivity index (χ0v) is 11.3. The summed E-state index contributed by atoms with van der Waals surface area (Å²) in [5, 5.41) is 8.73. The second-order valence-electron chi connectivity index (χ2n) is 3.84. The van der Waals surface area contributed by atoms with Gasteiger partial charge in [-0.1, -0.05) is 0 Å². The first-order chi connectivity index (χ1) is 8.51. The average molecular weight is 268 g/mol. The van der Waals surface area contributed by atoms with Crippen molar-refractivity contribution in [2.45, 2.75) is 18.2 Å². The van der Waals surface area contributed by atoms with Crippen LogP contribution in [0.1, 0.15) is 17.5 Å². The molecule has 0 unspecified atom stereocenters. The lowest BCUT2D eigenvalue weighted by Crippen LogP contribution is -2.26. The van der Waals surface area contributed by atoms with Crippen LogP contribution in [0.2, 0.25) is 0 Å². The van der Waals surface area contributed by atoms with Gasteiger partial charge in [0.2, 0.25) is 10.0 Å². The molecule has 0 heterocycles. The Morgan fingerprint density at radius 1 is 1.44 bits per heavy atom. The van der Waals surface area contributed by atoms with Crippen LogP contribution in [0, 0.1) is 18.3 Å². The monoisotopic (exact) mass is 268 g/mol. The number of aryl methyl sites for hydroxylation is 1. The van der Waals surface area contributed by atoms with E-state index in [9.17, 15) is 8.42 Å². The van der Waals surface area contributed by atoms with Crippen LogP contribution in [-0.4, -0.2) is 28.7 Å². The van der Waals surface area contributed by atoms with Crippen LogP contribution in [0.5, 0.6) is 0 Å². The van der Waals surface area contributed by atoms with Crippen molar-refractivity contribution in [3.63, 3.8) is 0 Å². The number of methoxy groups -OCH3 is 1. The van der Waals surface area contributed by atoms with E-state index in [0.717, 1.165) is 0 Å². The van der Waals surface area contributed by atoms with Crippen molar-refractivity contribution in [2.24, 2.45) is 0 Å². The standard InChI is InChI=1S/C12H16N2O3S/c1-10-8-11(9-13)4-5-12(10)18(15,16)14-6-3-7-17-2/h4-5,8,14H,3,6-7H2,1-2H3. The van der Waals surface area contributed by atoms with Gasteiger partial charge in [-0.3, -0.25) is 0 Å². The maximum absolute atomic E-state index is 12.0. The average Bonchev–Trinajstić information content (AvgIpc) is 2.34. The van der Waals surface area contributed by atoms with Crippen molar-refractivity contribution in [3.8, 4) is 6.07 Å². The Morgan fingerprint density at radius 3 is 2.72 bits per heavy atom. The van der Waals surface area contributed by atoms with Crippen molar-refractivity contribution in [1.82, 2.24) is 4.72 Å². The Kier molecular flexibility index (Phi) is 5.28. The highest BCUT2D eigenvalue weighted by atomic mass is 32.2. The number of nitrogens with zero attached hydrogens (tertiary/aromatic N) is 1. The van der Waals surface area contributed by atoms with Gasteiger partial charge >= 0.3 is 0 Å². The normalized spacial score (nSPS) is 11.2. The second-order valence-corrected chi connectivity index (χ2v) is 5.57. The first kappa shape index (κ1) is 14.6. The Labute approximate surface area is 107 Å². The highest BCUT2D eigenvalue weighted by Gasteiger charge is 2.16. The summed E-state index contributed by atoms with van der Waals surface area (Å²) < 4.78 is 31.3. The molecule has 0 saturated heterocycles. The van der Waals surface area contributed by atoms with Crippen molar-refractivity contribution in [3.05, 3.63) is 29.3 Å². The topological polar surface area (TPSA) is 79.2 Å². The fraction of sp³-hybridized carbons (Fsp3) is 0.417. The van der Waals surface area contributed by atoms with Crippen LogP contribution >= 0.6 is 0 Å². The van der Waals surface area contributed by atoms with Gasteiger partial charge in [0.25, 0.3) is 0 Å². The number of rotatable bonds is 6. The second kappa shape index (κ2) is 6.50. The number of nitrogens with one attached hydrogen (secondary N) is 1. The maximum Gasteiger partial charge on any atom is 0.240 e. The van der Waals surface area contributed by atoms with E-state index in [1.54, 1.807) is 20.1 Å². The van der Waals surface area contributed by atoms with E-state index in [2.05, 4.69) is 4.72 Å². The minimum absolute atomic E-state index is 0.207. The third-order valence-electron chi connectivity index (χ3n) is 2.41. The van der Waals surface area contributed by atoms with Gasteiger partial charge in [0.05, 0.1) is 16.5 Å². The molecule has 1 aromatic rings. The molecule has 1 N–H and O–H groups in total. The minimum Gasteiger partial charge on any atom is -0.385 e. The Hall–Kier alpha value is -1.42. The Bertz CT molecular complexity index is 547. The van der Waals surface area contributed by atoms with Gasteiger partial charge in [-0.15, -0.1) is 0 Å². The molecular weight excluding hydrogens is 252 g/mol. The molecule has 0 atom stereocenters. The van der Waals surface area contributed by atoms with Crippen molar-refractivity contribution in [2.75, 3.05) is 20.3 Å². The zero-order chi connectivity index (χ0) is 13.6. The predicted molar refractivity (Wildman–Crippen MR) is 67.6 cm³/mol. The van der Waals surface area contributed by atoms with Gasteiger partial charge < -0.3 is 4.74 Å². The van der Waals surface area contributed by atoms with Crippen LogP contribution in [0.25, 0.3) is 0 Å². The molecule has 6 heteroatoms. The summed E-state index contributed by atoms with van der Waals surface area (Å²) in [5.74, 6) is 0. The van der Waals surface area contributed by atoms with Gasteiger partial charge in [-0.05, 0) is 37.1 Å². The molecule has 1 rings (SSSR count). The highest BCUT2D eigenvalue weighted by Crippen LogP contribution is 2.16. The summed E-state index contributed by atoms with van der Waals surface area (Å²) in [7, 11) is -1.94. The van der Waals surface area contributed by atoms with Crippen molar-refractivity contribution in [1.29, 1.82) is 5.26 Å². The van der Waals surface area contributed by atoms with Crippen molar-refractivity contribution < 1.29 is 13.2 Å². The van der Waals surface area contributed by atoms with Gasteiger partial charge in [0.15, 0.2) is 0 Å². The van der Waals surface area contributed by atoms with E-state index in [4.69, 9.17) is 10.00 Å². The van der Waals surface area contributed by atoms with E-state index in [1.807, 2.05) is 6.07 Å². The molecule has 18 heavy (non-hydrogen) atoms. The smallest absolute Gasteiger partial charge is 0.240 e. The molecule has 0 amide bonds. The molecule has 0 spiro atoms. The van der Waals surface area contributed by atoms with Crippen molar-refractivity contribution >= 4 is 10.0 Å². The number of nitriles is 1. The van der Waals surface area contributed by atoms with Crippen LogP contribution in [-0.2, 0) is 14.8 Å². The van der Waals surface area contributed by atoms with Gasteiger partial charge in [0, 0.05) is 20.3 Å². The van der Waals surface area contributed by atoms with Crippen LogP contribution < -0.4 is 4.72 Å². The summed E-state index contributed by atoms with van der Waals surface area (Å²) in [5.41, 5.74) is 1.01. The molecule has 0 fully saturated rings. The molecular formula is C12H16N2O3S. The highest BCUT2D eigenvalue weighted by molar-refractivity contribution is 7.89. The Morgan fingerprint density at radius 2 is 2.17 bits per heavy atom. The van der Waals surface area contributed by atoms with E-state index in [1.165, 1.54) is 12.1 Å². The molecule has 5 nitrogen and oxygen atoms in total. The third-order valence-corrected chi connectivity index (χ3v) is 4.03. The van der Waals surface area contributed by atoms with Gasteiger partial charge in [-0.25, -0.2) is 13.1 Å². The summed E-state index contributed by atoms with van der Waals surface area (Å²) >= 11 is 0. The van der Waals surface area contributed by atoms with E-state index in [0.29, 0.717) is 30.7 Å². The fourth-order valence-electron chi connectivity index (χ4n) is 1.52. The SMILES string of the molecule is COCCCNS(=O)(=O)c1ccc(C#N)cc1C. The van der Waals surface area contributed by atoms with Crippen LogP contribution in [0.15, 0.2) is 23.1 Å². The minimum atomic E-state index is -3.51. The van der Waals surface area contributed by atoms with Gasteiger partial charge in [-0.2, -0.15) is 5.26 Å². The zero-order valence-electron chi connectivity index (χ0n) is 10.4. The molecule has 0 radical (unpaired) electrons. The van der Waals surface area contributed by atoms with Crippen LogP contribution in [0.3, 0.4) is 0 Å².